The molecule has 1 saturated heterocycles. The van der Waals surface area contributed by atoms with Crippen LogP contribution in [0.4, 0.5) is 0 Å². The summed E-state index contributed by atoms with van der Waals surface area (Å²) in [6.07, 6.45) is 2.99. The molecule has 0 aromatic heterocycles. The first-order chi connectivity index (χ1) is 7.99. The normalized spacial score (nSPS) is 21.2. The Balaban J connectivity index is 2.24. The van der Waals surface area contributed by atoms with E-state index in [4.69, 9.17) is 5.11 Å². The molecule has 1 aliphatic rings. The summed E-state index contributed by atoms with van der Waals surface area (Å²) in [5, 5.41) is 11.1. The van der Waals surface area contributed by atoms with E-state index in [1.54, 1.807) is 0 Å². The molecule has 17 heavy (non-hydrogen) atoms. The third-order valence-electron chi connectivity index (χ3n) is 2.99. The number of carboxylic acids is 1. The van der Waals surface area contributed by atoms with Crippen LogP contribution in [0.2, 0.25) is 0 Å². The van der Waals surface area contributed by atoms with E-state index < -0.39 is 5.97 Å². The second-order valence-corrected chi connectivity index (χ2v) is 4.66. The van der Waals surface area contributed by atoms with E-state index in [0.717, 1.165) is 31.7 Å². The van der Waals surface area contributed by atoms with Gasteiger partial charge in [-0.3, -0.25) is 4.79 Å². The average molecular weight is 240 g/mol. The number of nitrogens with zero attached hydrogens (tertiary/aromatic N) is 1. The molecule has 0 bridgehead atoms. The molecule has 0 aromatic carbocycles. The number of nitrogens with one attached hydrogen (secondary N) is 1. The van der Waals surface area contributed by atoms with Crippen LogP contribution in [0.3, 0.4) is 0 Å². The highest BCUT2D eigenvalue weighted by atomic mass is 16.4. The van der Waals surface area contributed by atoms with Crippen LogP contribution in [0.15, 0.2) is 12.2 Å². The largest absolute Gasteiger partial charge is 0.478 e. The molecule has 1 atom stereocenters. The molecule has 1 aliphatic heterocycles. The average Bonchev–Trinajstić information content (AvgIpc) is 2.72. The molecule has 5 nitrogen and oxygen atoms in total. The molecule has 5 heteroatoms. The molecule has 1 rings (SSSR count). The van der Waals surface area contributed by atoms with Crippen LogP contribution in [0.5, 0.6) is 0 Å². The minimum atomic E-state index is -1.10. The molecular formula is C12H20N2O3. The smallest absolute Gasteiger partial charge is 0.328 e. The molecule has 1 fully saturated rings. The van der Waals surface area contributed by atoms with Crippen LogP contribution < -0.4 is 5.32 Å². The highest BCUT2D eigenvalue weighted by molar-refractivity contribution is 5.93. The Morgan fingerprint density at radius 2 is 2.18 bits per heavy atom. The number of aliphatic carboxylic acids is 1. The van der Waals surface area contributed by atoms with Crippen molar-refractivity contribution in [1.29, 1.82) is 0 Å². The summed E-state index contributed by atoms with van der Waals surface area (Å²) in [5.74, 6) is -0.970. The van der Waals surface area contributed by atoms with Crippen LogP contribution >= 0.6 is 0 Å². The van der Waals surface area contributed by atoms with Gasteiger partial charge in [0.2, 0.25) is 5.91 Å². The number of carboxylic acid groups (broad SMARTS) is 1. The predicted octanol–water partition coefficient (Wildman–Crippen LogP) is 0.474. The molecule has 96 valence electrons. The number of likely N-dealkylation sites (tertiary alicyclic amines) is 1. The summed E-state index contributed by atoms with van der Waals surface area (Å²) in [6, 6.07) is 0.544. The Hall–Kier alpha value is -1.36. The van der Waals surface area contributed by atoms with Crippen LogP contribution in [0.25, 0.3) is 0 Å². The standard InChI is InChI=1S/C12H20N2O3/c1-9(2)14-6-5-10(8-14)7-13-11(15)3-4-12(16)17/h3-4,9-10H,5-8H2,1-2H3,(H,13,15)(H,16,17). The Morgan fingerprint density at radius 1 is 1.47 bits per heavy atom. The highest BCUT2D eigenvalue weighted by Crippen LogP contribution is 2.17. The van der Waals surface area contributed by atoms with Crippen molar-refractivity contribution in [2.75, 3.05) is 19.6 Å². The van der Waals surface area contributed by atoms with Crippen molar-refractivity contribution in [2.24, 2.45) is 5.92 Å². The van der Waals surface area contributed by atoms with Crippen LogP contribution in [0.1, 0.15) is 20.3 Å². The van der Waals surface area contributed by atoms with Crippen molar-refractivity contribution >= 4 is 11.9 Å². The van der Waals surface area contributed by atoms with Crippen molar-refractivity contribution in [2.45, 2.75) is 26.3 Å². The lowest BCUT2D eigenvalue weighted by Gasteiger charge is -2.20. The number of carbonyl (C=O) groups excluding carboxylic acids is 1. The van der Waals surface area contributed by atoms with Gasteiger partial charge in [0.05, 0.1) is 0 Å². The summed E-state index contributed by atoms with van der Waals surface area (Å²) in [4.78, 5) is 23.8. The first-order valence-electron chi connectivity index (χ1n) is 5.92. The zero-order chi connectivity index (χ0) is 12.8. The number of hydrogen-bond acceptors (Lipinski definition) is 3. The predicted molar refractivity (Wildman–Crippen MR) is 64.6 cm³/mol. The molecule has 0 spiro atoms. The SMILES string of the molecule is CC(C)N1CCC(CNC(=O)C=CC(=O)O)C1. The molecule has 0 aliphatic carbocycles. The maximum absolute atomic E-state index is 11.2. The van der Waals surface area contributed by atoms with E-state index >= 15 is 0 Å². The van der Waals surface area contributed by atoms with E-state index in [9.17, 15) is 9.59 Å². The van der Waals surface area contributed by atoms with Gasteiger partial charge in [-0.25, -0.2) is 4.79 Å². The highest BCUT2D eigenvalue weighted by Gasteiger charge is 2.23. The molecule has 1 heterocycles. The number of hydrogen-bond donors (Lipinski definition) is 2. The Bertz CT molecular complexity index is 313. The fourth-order valence-electron chi connectivity index (χ4n) is 1.95. The first kappa shape index (κ1) is 13.7. The van der Waals surface area contributed by atoms with Crippen molar-refractivity contribution in [3.8, 4) is 0 Å². The molecule has 1 amide bonds. The quantitative estimate of drug-likeness (QED) is 0.686. The Morgan fingerprint density at radius 3 is 2.71 bits per heavy atom. The van der Waals surface area contributed by atoms with E-state index in [2.05, 4.69) is 24.1 Å². The van der Waals surface area contributed by atoms with E-state index in [1.165, 1.54) is 0 Å². The van der Waals surface area contributed by atoms with Crippen molar-refractivity contribution in [3.05, 3.63) is 12.2 Å². The first-order valence-corrected chi connectivity index (χ1v) is 5.92. The number of carbonyl (C=O) groups is 2. The zero-order valence-corrected chi connectivity index (χ0v) is 10.3. The summed E-state index contributed by atoms with van der Waals surface area (Å²) in [5.41, 5.74) is 0. The van der Waals surface area contributed by atoms with Gasteiger partial charge in [0.1, 0.15) is 0 Å². The van der Waals surface area contributed by atoms with Gasteiger partial charge in [-0.05, 0) is 32.7 Å². The topological polar surface area (TPSA) is 69.6 Å². The minimum absolute atomic E-state index is 0.338. The maximum Gasteiger partial charge on any atom is 0.328 e. The van der Waals surface area contributed by atoms with Gasteiger partial charge in [-0.1, -0.05) is 0 Å². The molecule has 0 saturated carbocycles. The zero-order valence-electron chi connectivity index (χ0n) is 10.3. The Kier molecular flexibility index (Phi) is 5.15. The summed E-state index contributed by atoms with van der Waals surface area (Å²) < 4.78 is 0. The molecule has 2 N–H and O–H groups in total. The lowest BCUT2D eigenvalue weighted by atomic mass is 10.1. The van der Waals surface area contributed by atoms with Gasteiger partial charge in [0.25, 0.3) is 0 Å². The molecular weight excluding hydrogens is 220 g/mol. The molecule has 0 aromatic rings. The van der Waals surface area contributed by atoms with Crippen molar-refractivity contribution in [1.82, 2.24) is 10.2 Å². The van der Waals surface area contributed by atoms with Crippen molar-refractivity contribution in [3.63, 3.8) is 0 Å². The van der Waals surface area contributed by atoms with Gasteiger partial charge in [-0.15, -0.1) is 0 Å². The summed E-state index contributed by atoms with van der Waals surface area (Å²) in [7, 11) is 0. The van der Waals surface area contributed by atoms with E-state index in [-0.39, 0.29) is 5.91 Å². The molecule has 0 radical (unpaired) electrons. The van der Waals surface area contributed by atoms with Gasteiger partial charge in [0, 0.05) is 31.3 Å². The van der Waals surface area contributed by atoms with Gasteiger partial charge in [-0.2, -0.15) is 0 Å². The minimum Gasteiger partial charge on any atom is -0.478 e. The van der Waals surface area contributed by atoms with Crippen molar-refractivity contribution < 1.29 is 14.7 Å². The molecule has 1 unspecified atom stereocenters. The van der Waals surface area contributed by atoms with Crippen LogP contribution in [0, 0.1) is 5.92 Å². The summed E-state index contributed by atoms with van der Waals surface area (Å²) in [6.45, 7) is 7.02. The monoisotopic (exact) mass is 240 g/mol. The van der Waals surface area contributed by atoms with Gasteiger partial charge in [0.15, 0.2) is 0 Å². The second kappa shape index (κ2) is 6.39. The Labute approximate surface area is 101 Å². The lowest BCUT2D eigenvalue weighted by molar-refractivity contribution is -0.131. The van der Waals surface area contributed by atoms with E-state index in [1.807, 2.05) is 0 Å². The second-order valence-electron chi connectivity index (χ2n) is 4.66. The van der Waals surface area contributed by atoms with E-state index in [0.29, 0.717) is 18.5 Å². The lowest BCUT2D eigenvalue weighted by Crippen LogP contribution is -2.32. The van der Waals surface area contributed by atoms with Crippen LogP contribution in [-0.4, -0.2) is 47.6 Å². The van der Waals surface area contributed by atoms with Gasteiger partial charge >= 0.3 is 5.97 Å². The third-order valence-corrected chi connectivity index (χ3v) is 2.99. The number of rotatable bonds is 5. The number of amides is 1. The fraction of sp³-hybridized carbons (Fsp3) is 0.667. The third kappa shape index (κ3) is 4.99. The van der Waals surface area contributed by atoms with Gasteiger partial charge < -0.3 is 15.3 Å². The maximum atomic E-state index is 11.2. The summed E-state index contributed by atoms with van der Waals surface area (Å²) >= 11 is 0. The van der Waals surface area contributed by atoms with Crippen LogP contribution in [-0.2, 0) is 9.59 Å². The fourth-order valence-corrected chi connectivity index (χ4v) is 1.95.